The highest BCUT2D eigenvalue weighted by molar-refractivity contribution is 6.13. The molecule has 5 nitrogen and oxygen atoms in total. The van der Waals surface area contributed by atoms with Crippen LogP contribution in [-0.2, 0) is 0 Å². The number of nitrogens with zero attached hydrogens (tertiary/aromatic N) is 1. The zero-order chi connectivity index (χ0) is 21.8. The predicted molar refractivity (Wildman–Crippen MR) is 121 cm³/mol. The Labute approximate surface area is 182 Å². The third kappa shape index (κ3) is 4.89. The Hall–Kier alpha value is -3.31. The molecule has 3 aromatic carbocycles. The second-order valence-corrected chi connectivity index (χ2v) is 7.88. The maximum absolute atomic E-state index is 13.2. The van der Waals surface area contributed by atoms with Crippen molar-refractivity contribution in [3.05, 3.63) is 77.9 Å². The van der Waals surface area contributed by atoms with Crippen LogP contribution in [0, 0.1) is 0 Å². The minimum Gasteiger partial charge on any atom is -0.508 e. The Morgan fingerprint density at radius 2 is 1.58 bits per heavy atom. The van der Waals surface area contributed by atoms with E-state index in [0.29, 0.717) is 16.7 Å². The van der Waals surface area contributed by atoms with Crippen molar-refractivity contribution in [3.63, 3.8) is 0 Å². The van der Waals surface area contributed by atoms with Gasteiger partial charge in [-0.2, -0.15) is 0 Å². The number of carbonyl (C=O) groups excluding carboxylic acids is 1. The number of aromatic hydroxyl groups is 2. The molecule has 5 heteroatoms. The number of carbonyl (C=O) groups is 1. The number of phenolic OH excluding ortho intramolecular Hbond substituents is 2. The van der Waals surface area contributed by atoms with Gasteiger partial charge in [0, 0.05) is 24.2 Å². The van der Waals surface area contributed by atoms with Gasteiger partial charge >= 0.3 is 0 Å². The van der Waals surface area contributed by atoms with Gasteiger partial charge in [-0.3, -0.25) is 4.79 Å². The fraction of sp³-hybridized carbons (Fsp3) is 0.269. The first-order valence-corrected chi connectivity index (χ1v) is 10.7. The zero-order valence-electron chi connectivity index (χ0n) is 17.6. The van der Waals surface area contributed by atoms with E-state index in [1.165, 1.54) is 6.07 Å². The number of piperidine rings is 1. The van der Waals surface area contributed by atoms with Crippen LogP contribution in [-0.4, -0.2) is 46.6 Å². The summed E-state index contributed by atoms with van der Waals surface area (Å²) in [6, 6.07) is 18.5. The Morgan fingerprint density at radius 1 is 0.935 bits per heavy atom. The number of likely N-dealkylation sites (tertiary alicyclic amines) is 1. The van der Waals surface area contributed by atoms with Crippen LogP contribution in [0.5, 0.6) is 17.2 Å². The number of hydrogen-bond donors (Lipinski definition) is 2. The Kier molecular flexibility index (Phi) is 6.23. The molecule has 0 radical (unpaired) electrons. The van der Waals surface area contributed by atoms with Crippen molar-refractivity contribution in [1.29, 1.82) is 0 Å². The summed E-state index contributed by atoms with van der Waals surface area (Å²) in [6.45, 7) is 5.36. The average molecular weight is 418 g/mol. The highest BCUT2D eigenvalue weighted by Gasteiger charge is 2.20. The van der Waals surface area contributed by atoms with E-state index >= 15 is 0 Å². The first kappa shape index (κ1) is 20.9. The summed E-state index contributed by atoms with van der Waals surface area (Å²) >= 11 is 0. The van der Waals surface area contributed by atoms with Crippen molar-refractivity contribution >= 4 is 5.78 Å². The van der Waals surface area contributed by atoms with Crippen molar-refractivity contribution in [2.75, 3.05) is 19.6 Å². The summed E-state index contributed by atoms with van der Waals surface area (Å²) in [5.41, 5.74) is 2.41. The van der Waals surface area contributed by atoms with Crippen molar-refractivity contribution in [1.82, 2.24) is 4.90 Å². The number of ether oxygens (including phenoxy) is 1. The largest absolute Gasteiger partial charge is 0.508 e. The van der Waals surface area contributed by atoms with E-state index < -0.39 is 0 Å². The maximum atomic E-state index is 13.2. The molecule has 0 atom stereocenters. The minimum atomic E-state index is -0.133. The topological polar surface area (TPSA) is 70.0 Å². The quantitative estimate of drug-likeness (QED) is 0.561. The molecule has 0 bridgehead atoms. The molecule has 31 heavy (non-hydrogen) atoms. The van der Waals surface area contributed by atoms with Crippen LogP contribution in [0.15, 0.2) is 66.7 Å². The molecule has 0 saturated carbocycles. The molecular weight excluding hydrogens is 390 g/mol. The SMILES string of the molecule is CCN1CCC(Oc2ccc(C(=O)c3ccc(O)cc3-c3ccc(O)cc3)cc2)CC1. The lowest BCUT2D eigenvalue weighted by Crippen LogP contribution is -2.37. The molecule has 160 valence electrons. The van der Waals surface area contributed by atoms with Crippen LogP contribution in [0.4, 0.5) is 0 Å². The van der Waals surface area contributed by atoms with Crippen LogP contribution < -0.4 is 4.74 Å². The van der Waals surface area contributed by atoms with Crippen molar-refractivity contribution in [3.8, 4) is 28.4 Å². The molecule has 1 saturated heterocycles. The van der Waals surface area contributed by atoms with E-state index in [9.17, 15) is 15.0 Å². The van der Waals surface area contributed by atoms with Crippen LogP contribution in [0.2, 0.25) is 0 Å². The lowest BCUT2D eigenvalue weighted by atomic mass is 9.93. The van der Waals surface area contributed by atoms with Crippen molar-refractivity contribution in [2.45, 2.75) is 25.9 Å². The Bertz CT molecular complexity index is 1040. The molecule has 1 fully saturated rings. The van der Waals surface area contributed by atoms with Gasteiger partial charge in [-0.25, -0.2) is 0 Å². The predicted octanol–water partition coefficient (Wildman–Crippen LogP) is 4.86. The van der Waals surface area contributed by atoms with Gasteiger partial charge in [0.05, 0.1) is 0 Å². The highest BCUT2D eigenvalue weighted by atomic mass is 16.5. The lowest BCUT2D eigenvalue weighted by Gasteiger charge is -2.31. The molecule has 0 amide bonds. The van der Waals surface area contributed by atoms with Gasteiger partial charge in [0.25, 0.3) is 0 Å². The Morgan fingerprint density at radius 3 is 2.23 bits per heavy atom. The van der Waals surface area contributed by atoms with Crippen molar-refractivity contribution in [2.24, 2.45) is 0 Å². The summed E-state index contributed by atoms with van der Waals surface area (Å²) in [4.78, 5) is 15.6. The molecule has 0 unspecified atom stereocenters. The van der Waals surface area contributed by atoms with E-state index in [2.05, 4.69) is 11.8 Å². The normalized spacial score (nSPS) is 15.0. The molecule has 1 heterocycles. The van der Waals surface area contributed by atoms with E-state index in [4.69, 9.17) is 4.74 Å². The first-order valence-electron chi connectivity index (χ1n) is 10.7. The molecule has 3 aromatic rings. The third-order valence-corrected chi connectivity index (χ3v) is 5.83. The number of hydrogen-bond acceptors (Lipinski definition) is 5. The summed E-state index contributed by atoms with van der Waals surface area (Å²) in [6.07, 6.45) is 2.23. The van der Waals surface area contributed by atoms with Crippen LogP contribution >= 0.6 is 0 Å². The third-order valence-electron chi connectivity index (χ3n) is 5.83. The van der Waals surface area contributed by atoms with Crippen LogP contribution in [0.1, 0.15) is 35.7 Å². The summed E-state index contributed by atoms with van der Waals surface area (Å²) in [7, 11) is 0. The second-order valence-electron chi connectivity index (χ2n) is 7.88. The fourth-order valence-corrected chi connectivity index (χ4v) is 3.99. The monoisotopic (exact) mass is 417 g/mol. The second kappa shape index (κ2) is 9.23. The smallest absolute Gasteiger partial charge is 0.193 e. The summed E-state index contributed by atoms with van der Waals surface area (Å²) < 4.78 is 6.11. The van der Waals surface area contributed by atoms with Gasteiger partial charge in [0.1, 0.15) is 23.4 Å². The molecule has 1 aliphatic rings. The van der Waals surface area contributed by atoms with E-state index in [-0.39, 0.29) is 23.4 Å². The minimum absolute atomic E-state index is 0.0810. The van der Waals surface area contributed by atoms with Crippen LogP contribution in [0.3, 0.4) is 0 Å². The number of ketones is 1. The van der Waals surface area contributed by atoms with Gasteiger partial charge in [0.15, 0.2) is 5.78 Å². The van der Waals surface area contributed by atoms with E-state index in [1.807, 2.05) is 12.1 Å². The Balaban J connectivity index is 1.52. The number of phenols is 2. The van der Waals surface area contributed by atoms with Crippen molar-refractivity contribution < 1.29 is 19.7 Å². The van der Waals surface area contributed by atoms with Gasteiger partial charge < -0.3 is 19.8 Å². The summed E-state index contributed by atoms with van der Waals surface area (Å²) in [5, 5.41) is 19.5. The van der Waals surface area contributed by atoms with E-state index in [1.54, 1.807) is 48.5 Å². The van der Waals surface area contributed by atoms with Gasteiger partial charge in [0.2, 0.25) is 0 Å². The molecular formula is C26H27NO4. The maximum Gasteiger partial charge on any atom is 0.193 e. The molecule has 2 N–H and O–H groups in total. The van der Waals surface area contributed by atoms with Gasteiger partial charge in [-0.1, -0.05) is 19.1 Å². The average Bonchev–Trinajstić information content (AvgIpc) is 2.80. The fourth-order valence-electron chi connectivity index (χ4n) is 3.99. The molecule has 0 aliphatic carbocycles. The van der Waals surface area contributed by atoms with Gasteiger partial charge in [-0.05, 0) is 85.1 Å². The molecule has 4 rings (SSSR count). The standard InChI is InChI=1S/C26H27NO4/c1-2-27-15-13-23(14-16-27)31-22-10-5-19(6-11-22)26(30)24-12-9-21(29)17-25(24)18-3-7-20(28)8-4-18/h3-12,17,23,28-29H,2,13-16H2,1H3. The zero-order valence-corrected chi connectivity index (χ0v) is 17.6. The lowest BCUT2D eigenvalue weighted by molar-refractivity contribution is 0.103. The molecule has 0 spiro atoms. The number of rotatable bonds is 6. The van der Waals surface area contributed by atoms with Gasteiger partial charge in [-0.15, -0.1) is 0 Å². The van der Waals surface area contributed by atoms with E-state index in [0.717, 1.165) is 43.8 Å². The summed E-state index contributed by atoms with van der Waals surface area (Å²) in [5.74, 6) is 0.868. The van der Waals surface area contributed by atoms with Crippen LogP contribution in [0.25, 0.3) is 11.1 Å². The number of benzene rings is 3. The molecule has 0 aromatic heterocycles. The first-order chi connectivity index (χ1) is 15.0. The molecule has 1 aliphatic heterocycles. The highest BCUT2D eigenvalue weighted by Crippen LogP contribution is 2.31.